The number of hydrogen-bond acceptors (Lipinski definition) is 4. The topological polar surface area (TPSA) is 78.6 Å². The summed E-state index contributed by atoms with van der Waals surface area (Å²) in [5, 5.41) is 12.9. The Bertz CT molecular complexity index is 241. The summed E-state index contributed by atoms with van der Waals surface area (Å²) in [5.74, 6) is -0.301. The van der Waals surface area contributed by atoms with E-state index in [1.54, 1.807) is 0 Å². The Kier molecular flexibility index (Phi) is 3.23. The number of carbonyl (C=O) groups excluding carboxylic acids is 1. The Hall–Kier alpha value is -0.650. The second-order valence-electron chi connectivity index (χ2n) is 4.49. The van der Waals surface area contributed by atoms with Gasteiger partial charge in [-0.2, -0.15) is 0 Å². The summed E-state index contributed by atoms with van der Waals surface area (Å²) >= 11 is 0. The second kappa shape index (κ2) is 4.47. The Morgan fingerprint density at radius 1 is 1.40 bits per heavy atom. The van der Waals surface area contributed by atoms with E-state index in [4.69, 9.17) is 5.73 Å². The molecule has 4 N–H and O–H groups in total. The number of carbonyl (C=O) groups is 1. The SMILES string of the molecule is NC(=O)C1CC(O)CN1C1CCNCC1. The molecule has 2 aliphatic rings. The first kappa shape index (κ1) is 10.9. The van der Waals surface area contributed by atoms with E-state index in [0.717, 1.165) is 25.9 Å². The highest BCUT2D eigenvalue weighted by atomic mass is 16.3. The minimum Gasteiger partial charge on any atom is -0.392 e. The molecule has 0 radical (unpaired) electrons. The van der Waals surface area contributed by atoms with E-state index >= 15 is 0 Å². The van der Waals surface area contributed by atoms with Gasteiger partial charge in [0.05, 0.1) is 12.1 Å². The average Bonchev–Trinajstić information content (AvgIpc) is 2.62. The molecule has 2 atom stereocenters. The van der Waals surface area contributed by atoms with Gasteiger partial charge in [0, 0.05) is 12.6 Å². The van der Waals surface area contributed by atoms with E-state index in [1.165, 1.54) is 0 Å². The molecule has 2 heterocycles. The third kappa shape index (κ3) is 2.30. The van der Waals surface area contributed by atoms with Gasteiger partial charge in [-0.05, 0) is 32.4 Å². The standard InChI is InChI=1S/C10H19N3O2/c11-10(15)9-5-8(14)6-13(9)7-1-3-12-4-2-7/h7-9,12,14H,1-6H2,(H2,11,15). The van der Waals surface area contributed by atoms with Crippen LogP contribution >= 0.6 is 0 Å². The highest BCUT2D eigenvalue weighted by Crippen LogP contribution is 2.24. The number of hydrogen-bond donors (Lipinski definition) is 3. The van der Waals surface area contributed by atoms with Crippen LogP contribution in [0.5, 0.6) is 0 Å². The van der Waals surface area contributed by atoms with E-state index < -0.39 is 6.10 Å². The molecule has 2 fully saturated rings. The first-order valence-electron chi connectivity index (χ1n) is 5.62. The number of nitrogens with one attached hydrogen (secondary N) is 1. The fourth-order valence-corrected chi connectivity index (χ4v) is 2.66. The predicted octanol–water partition coefficient (Wildman–Crippen LogP) is -1.34. The van der Waals surface area contributed by atoms with E-state index in [9.17, 15) is 9.90 Å². The summed E-state index contributed by atoms with van der Waals surface area (Å²) in [4.78, 5) is 13.3. The van der Waals surface area contributed by atoms with Crippen LogP contribution < -0.4 is 11.1 Å². The van der Waals surface area contributed by atoms with Gasteiger partial charge in [0.1, 0.15) is 0 Å². The molecule has 0 aromatic carbocycles. The highest BCUT2D eigenvalue weighted by molar-refractivity contribution is 5.80. The van der Waals surface area contributed by atoms with Gasteiger partial charge in [0.25, 0.3) is 0 Å². The lowest BCUT2D eigenvalue weighted by Gasteiger charge is -2.34. The molecule has 15 heavy (non-hydrogen) atoms. The molecule has 1 amide bonds. The van der Waals surface area contributed by atoms with Crippen LogP contribution in [-0.4, -0.2) is 53.7 Å². The first-order chi connectivity index (χ1) is 7.18. The van der Waals surface area contributed by atoms with E-state index in [-0.39, 0.29) is 11.9 Å². The van der Waals surface area contributed by atoms with Gasteiger partial charge in [-0.15, -0.1) is 0 Å². The van der Waals surface area contributed by atoms with Crippen LogP contribution in [0.1, 0.15) is 19.3 Å². The third-order valence-corrected chi connectivity index (χ3v) is 3.42. The van der Waals surface area contributed by atoms with Gasteiger partial charge in [-0.1, -0.05) is 0 Å². The molecule has 0 spiro atoms. The molecule has 2 rings (SSSR count). The fourth-order valence-electron chi connectivity index (χ4n) is 2.66. The Balaban J connectivity index is 2.02. The van der Waals surface area contributed by atoms with Crippen molar-refractivity contribution in [1.29, 1.82) is 0 Å². The van der Waals surface area contributed by atoms with Crippen LogP contribution in [0.25, 0.3) is 0 Å². The van der Waals surface area contributed by atoms with Crippen LogP contribution in [0.2, 0.25) is 0 Å². The number of amides is 1. The van der Waals surface area contributed by atoms with Gasteiger partial charge in [-0.3, -0.25) is 9.69 Å². The molecule has 5 nitrogen and oxygen atoms in total. The first-order valence-corrected chi connectivity index (χ1v) is 5.62. The lowest BCUT2D eigenvalue weighted by molar-refractivity contribution is -0.123. The van der Waals surface area contributed by atoms with Gasteiger partial charge in [0.2, 0.25) is 5.91 Å². The number of piperidine rings is 1. The Labute approximate surface area is 89.6 Å². The zero-order valence-electron chi connectivity index (χ0n) is 8.85. The van der Waals surface area contributed by atoms with Gasteiger partial charge in [-0.25, -0.2) is 0 Å². The van der Waals surface area contributed by atoms with Crippen LogP contribution in [-0.2, 0) is 4.79 Å². The zero-order chi connectivity index (χ0) is 10.8. The smallest absolute Gasteiger partial charge is 0.234 e. The van der Waals surface area contributed by atoms with Crippen molar-refractivity contribution >= 4 is 5.91 Å². The van der Waals surface area contributed by atoms with Crippen LogP contribution in [0.15, 0.2) is 0 Å². The zero-order valence-corrected chi connectivity index (χ0v) is 8.85. The van der Waals surface area contributed by atoms with Crippen molar-refractivity contribution in [3.8, 4) is 0 Å². The molecule has 2 saturated heterocycles. The summed E-state index contributed by atoms with van der Waals surface area (Å²) in [5.41, 5.74) is 5.35. The fraction of sp³-hybridized carbons (Fsp3) is 0.900. The maximum atomic E-state index is 11.3. The number of likely N-dealkylation sites (tertiary alicyclic amines) is 1. The number of aliphatic hydroxyl groups is 1. The summed E-state index contributed by atoms with van der Waals surface area (Å²) in [6.07, 6.45) is 2.18. The Morgan fingerprint density at radius 2 is 2.07 bits per heavy atom. The number of aliphatic hydroxyl groups excluding tert-OH is 1. The number of nitrogens with two attached hydrogens (primary N) is 1. The van der Waals surface area contributed by atoms with Gasteiger partial charge < -0.3 is 16.2 Å². The van der Waals surface area contributed by atoms with E-state index in [0.29, 0.717) is 19.0 Å². The summed E-state index contributed by atoms with van der Waals surface area (Å²) in [6, 6.07) is 0.143. The summed E-state index contributed by atoms with van der Waals surface area (Å²) < 4.78 is 0. The summed E-state index contributed by atoms with van der Waals surface area (Å²) in [6.45, 7) is 2.57. The normalized spacial score (nSPS) is 34.5. The number of β-amino-alcohol motifs (C(OH)–C–C–N with tert-alkyl or cyclic N) is 1. The number of nitrogens with zero attached hydrogens (tertiary/aromatic N) is 1. The molecule has 2 unspecified atom stereocenters. The van der Waals surface area contributed by atoms with Crippen molar-refractivity contribution < 1.29 is 9.90 Å². The van der Waals surface area contributed by atoms with Crippen LogP contribution in [0, 0.1) is 0 Å². The molecular formula is C10H19N3O2. The van der Waals surface area contributed by atoms with Crippen molar-refractivity contribution in [2.24, 2.45) is 5.73 Å². The molecule has 5 heteroatoms. The minimum atomic E-state index is -0.391. The largest absolute Gasteiger partial charge is 0.392 e. The van der Waals surface area contributed by atoms with E-state index in [2.05, 4.69) is 10.2 Å². The maximum Gasteiger partial charge on any atom is 0.234 e. The van der Waals surface area contributed by atoms with Crippen molar-refractivity contribution in [1.82, 2.24) is 10.2 Å². The average molecular weight is 213 g/mol. The lowest BCUT2D eigenvalue weighted by Crippen LogP contribution is -2.49. The number of primary amides is 1. The van der Waals surface area contributed by atoms with Crippen molar-refractivity contribution in [3.63, 3.8) is 0 Å². The second-order valence-corrected chi connectivity index (χ2v) is 4.49. The Morgan fingerprint density at radius 3 is 2.67 bits per heavy atom. The maximum absolute atomic E-state index is 11.3. The molecule has 0 aliphatic carbocycles. The monoisotopic (exact) mass is 213 g/mol. The molecule has 2 aliphatic heterocycles. The van der Waals surface area contributed by atoms with Crippen molar-refractivity contribution in [2.45, 2.75) is 37.5 Å². The quantitative estimate of drug-likeness (QED) is 0.530. The molecule has 0 saturated carbocycles. The molecule has 86 valence electrons. The van der Waals surface area contributed by atoms with Gasteiger partial charge >= 0.3 is 0 Å². The molecule has 0 aromatic rings. The van der Waals surface area contributed by atoms with Crippen molar-refractivity contribution in [3.05, 3.63) is 0 Å². The molecule has 0 bridgehead atoms. The molecule has 0 aromatic heterocycles. The van der Waals surface area contributed by atoms with Crippen LogP contribution in [0.3, 0.4) is 0 Å². The van der Waals surface area contributed by atoms with Crippen molar-refractivity contribution in [2.75, 3.05) is 19.6 Å². The van der Waals surface area contributed by atoms with Gasteiger partial charge in [0.15, 0.2) is 0 Å². The predicted molar refractivity (Wildman–Crippen MR) is 56.2 cm³/mol. The molecular weight excluding hydrogens is 194 g/mol. The summed E-state index contributed by atoms with van der Waals surface area (Å²) in [7, 11) is 0. The lowest BCUT2D eigenvalue weighted by atomic mass is 10.0. The van der Waals surface area contributed by atoms with E-state index in [1.807, 2.05) is 0 Å². The minimum absolute atomic E-state index is 0.261. The third-order valence-electron chi connectivity index (χ3n) is 3.42. The number of rotatable bonds is 2. The highest BCUT2D eigenvalue weighted by Gasteiger charge is 2.38. The van der Waals surface area contributed by atoms with Crippen LogP contribution in [0.4, 0.5) is 0 Å².